The fourth-order valence-electron chi connectivity index (χ4n) is 5.70. The van der Waals surface area contributed by atoms with Crippen LogP contribution in [0.5, 0.6) is 5.75 Å². The van der Waals surface area contributed by atoms with Crippen LogP contribution in [-0.4, -0.2) is 28.1 Å². The van der Waals surface area contributed by atoms with Crippen molar-refractivity contribution in [3.8, 4) is 5.75 Å². The summed E-state index contributed by atoms with van der Waals surface area (Å²) in [6.45, 7) is 2.81. The lowest BCUT2D eigenvalue weighted by Gasteiger charge is -2.27. The summed E-state index contributed by atoms with van der Waals surface area (Å²) >= 11 is 3.42. The first kappa shape index (κ1) is 24.7. The predicted octanol–water partition coefficient (Wildman–Crippen LogP) is 6.82. The van der Waals surface area contributed by atoms with Crippen LogP contribution in [0.25, 0.3) is 10.2 Å². The Morgan fingerprint density at radius 3 is 2.57 bits per heavy atom. The van der Waals surface area contributed by atoms with Crippen molar-refractivity contribution in [2.45, 2.75) is 68.6 Å². The van der Waals surface area contributed by atoms with E-state index in [0.717, 1.165) is 65.8 Å². The lowest BCUT2D eigenvalue weighted by molar-refractivity contribution is 0.249. The highest BCUT2D eigenvalue weighted by Crippen LogP contribution is 2.37. The average Bonchev–Trinajstić information content (AvgIpc) is 3.31. The zero-order chi connectivity index (χ0) is 25.2. The topological polar surface area (TPSA) is 47.4 Å². The summed E-state index contributed by atoms with van der Waals surface area (Å²) in [7, 11) is 1.69. The number of fused-ring (bicyclic) bond motifs is 3. The molecule has 2 aromatic heterocycles. The van der Waals surface area contributed by atoms with Gasteiger partial charge in [-0.25, -0.2) is 4.98 Å². The number of hydrogen-bond acceptors (Lipinski definition) is 6. The van der Waals surface area contributed by atoms with Gasteiger partial charge in [0.1, 0.15) is 10.6 Å². The fourth-order valence-corrected chi connectivity index (χ4v) is 8.02. The first-order valence-electron chi connectivity index (χ1n) is 13.3. The van der Waals surface area contributed by atoms with Crippen LogP contribution in [0.3, 0.4) is 0 Å². The van der Waals surface area contributed by atoms with Crippen molar-refractivity contribution in [2.75, 3.05) is 13.7 Å². The van der Waals surface area contributed by atoms with E-state index >= 15 is 0 Å². The molecule has 0 saturated heterocycles. The Balaban J connectivity index is 1.33. The molecule has 37 heavy (non-hydrogen) atoms. The number of thioether (sulfide) groups is 1. The van der Waals surface area contributed by atoms with Gasteiger partial charge < -0.3 is 4.74 Å². The number of ether oxygens (including phenoxy) is 1. The summed E-state index contributed by atoms with van der Waals surface area (Å²) in [5.41, 5.74) is 3.97. The number of methoxy groups -OCH3 is 1. The standard InChI is InChI=1S/C30H33N3O2S2/c1-35-24-14-12-22(13-15-24)20-36-30-31-28-27(29(34)33(30)23-10-6-3-7-11-23)25-16-17-32(19-26(25)37-28)18-21-8-4-2-5-9-21/h2,4-5,8-9,12-15,23H,3,6-7,10-11,16-20H2,1H3. The molecule has 1 aliphatic heterocycles. The molecule has 0 N–H and O–H groups in total. The van der Waals surface area contributed by atoms with Crippen LogP contribution in [0.15, 0.2) is 64.5 Å². The van der Waals surface area contributed by atoms with Crippen molar-refractivity contribution in [3.63, 3.8) is 0 Å². The van der Waals surface area contributed by atoms with E-state index in [9.17, 15) is 4.79 Å². The summed E-state index contributed by atoms with van der Waals surface area (Å²) in [5, 5.41) is 1.76. The van der Waals surface area contributed by atoms with Crippen molar-refractivity contribution < 1.29 is 4.74 Å². The van der Waals surface area contributed by atoms with Gasteiger partial charge in [-0.2, -0.15) is 0 Å². The van der Waals surface area contributed by atoms with Crippen molar-refractivity contribution in [3.05, 3.63) is 86.5 Å². The molecule has 1 aliphatic carbocycles. The number of rotatable bonds is 7. The van der Waals surface area contributed by atoms with Gasteiger partial charge in [-0.05, 0) is 48.1 Å². The Hall–Kier alpha value is -2.61. The first-order chi connectivity index (χ1) is 18.2. The van der Waals surface area contributed by atoms with Crippen LogP contribution in [0.2, 0.25) is 0 Å². The largest absolute Gasteiger partial charge is 0.497 e. The molecule has 0 radical (unpaired) electrons. The van der Waals surface area contributed by atoms with E-state index in [1.165, 1.54) is 40.8 Å². The molecule has 0 spiro atoms. The average molecular weight is 532 g/mol. The van der Waals surface area contributed by atoms with E-state index in [1.807, 2.05) is 12.1 Å². The highest BCUT2D eigenvalue weighted by molar-refractivity contribution is 7.98. The minimum atomic E-state index is 0.183. The summed E-state index contributed by atoms with van der Waals surface area (Å²) in [4.78, 5) is 24.0. The summed E-state index contributed by atoms with van der Waals surface area (Å²) in [6, 6.07) is 19.1. The molecule has 1 saturated carbocycles. The molecule has 192 valence electrons. The van der Waals surface area contributed by atoms with Gasteiger partial charge in [0.15, 0.2) is 5.16 Å². The van der Waals surface area contributed by atoms with Crippen molar-refractivity contribution in [1.29, 1.82) is 0 Å². The first-order valence-corrected chi connectivity index (χ1v) is 15.1. The Kier molecular flexibility index (Phi) is 7.36. The van der Waals surface area contributed by atoms with Gasteiger partial charge in [0.05, 0.1) is 12.5 Å². The number of aromatic nitrogens is 2. The molecule has 0 amide bonds. The van der Waals surface area contributed by atoms with E-state index in [0.29, 0.717) is 0 Å². The Morgan fingerprint density at radius 2 is 1.81 bits per heavy atom. The molecule has 0 unspecified atom stereocenters. The van der Waals surface area contributed by atoms with E-state index in [2.05, 4.69) is 51.9 Å². The van der Waals surface area contributed by atoms with Gasteiger partial charge in [-0.3, -0.25) is 14.3 Å². The molecular formula is C30H33N3O2S2. The van der Waals surface area contributed by atoms with Gasteiger partial charge in [-0.15, -0.1) is 11.3 Å². The predicted molar refractivity (Wildman–Crippen MR) is 153 cm³/mol. The minimum Gasteiger partial charge on any atom is -0.497 e. The normalized spacial score (nSPS) is 16.7. The SMILES string of the molecule is COc1ccc(CSc2nc3sc4c(c3c(=O)n2C2CCCCC2)CCN(Cc2ccccc2)C4)cc1. The van der Waals surface area contributed by atoms with Crippen molar-refractivity contribution in [2.24, 2.45) is 0 Å². The molecule has 2 aromatic carbocycles. The monoisotopic (exact) mass is 531 g/mol. The highest BCUT2D eigenvalue weighted by atomic mass is 32.2. The van der Waals surface area contributed by atoms with Gasteiger partial charge in [0.2, 0.25) is 0 Å². The van der Waals surface area contributed by atoms with E-state index in [4.69, 9.17) is 9.72 Å². The van der Waals surface area contributed by atoms with Crippen LogP contribution in [-0.2, 0) is 25.3 Å². The summed E-state index contributed by atoms with van der Waals surface area (Å²) in [5.74, 6) is 1.64. The number of nitrogens with zero attached hydrogens (tertiary/aromatic N) is 3. The van der Waals surface area contributed by atoms with E-state index in [1.54, 1.807) is 30.2 Å². The Bertz CT molecular complexity index is 1420. The van der Waals surface area contributed by atoms with Crippen molar-refractivity contribution >= 4 is 33.3 Å². The summed E-state index contributed by atoms with van der Waals surface area (Å²) in [6.07, 6.45) is 6.70. The number of benzene rings is 2. The smallest absolute Gasteiger partial charge is 0.263 e. The van der Waals surface area contributed by atoms with Gasteiger partial charge in [-0.1, -0.05) is 73.5 Å². The molecule has 2 aliphatic rings. The molecular weight excluding hydrogens is 498 g/mol. The molecule has 3 heterocycles. The highest BCUT2D eigenvalue weighted by Gasteiger charge is 2.28. The maximum absolute atomic E-state index is 14.1. The third kappa shape index (κ3) is 5.22. The molecule has 6 rings (SSSR count). The van der Waals surface area contributed by atoms with Crippen LogP contribution < -0.4 is 10.3 Å². The molecule has 0 bridgehead atoms. The van der Waals surface area contributed by atoms with E-state index < -0.39 is 0 Å². The fraction of sp³-hybridized carbons (Fsp3) is 0.400. The second-order valence-corrected chi connectivity index (χ2v) is 12.2. The van der Waals surface area contributed by atoms with Gasteiger partial charge in [0, 0.05) is 36.3 Å². The van der Waals surface area contributed by atoms with Crippen LogP contribution in [0.1, 0.15) is 59.7 Å². The van der Waals surface area contributed by atoms with E-state index in [-0.39, 0.29) is 11.6 Å². The quantitative estimate of drug-likeness (QED) is 0.193. The zero-order valence-corrected chi connectivity index (χ0v) is 23.0. The van der Waals surface area contributed by atoms with Gasteiger partial charge in [0.25, 0.3) is 5.56 Å². The van der Waals surface area contributed by atoms with Gasteiger partial charge >= 0.3 is 0 Å². The lowest BCUT2D eigenvalue weighted by Crippen LogP contribution is -2.31. The second kappa shape index (κ2) is 11.0. The maximum Gasteiger partial charge on any atom is 0.263 e. The number of thiophene rings is 1. The molecule has 1 fully saturated rings. The van der Waals surface area contributed by atoms with Crippen LogP contribution in [0.4, 0.5) is 0 Å². The Labute approximate surface area is 226 Å². The third-order valence-electron chi connectivity index (χ3n) is 7.67. The lowest BCUT2D eigenvalue weighted by atomic mass is 9.95. The Morgan fingerprint density at radius 1 is 1.03 bits per heavy atom. The molecule has 0 atom stereocenters. The molecule has 4 aromatic rings. The minimum absolute atomic E-state index is 0.183. The molecule has 7 heteroatoms. The van der Waals surface area contributed by atoms with Crippen LogP contribution >= 0.6 is 23.1 Å². The third-order valence-corrected chi connectivity index (χ3v) is 9.80. The van der Waals surface area contributed by atoms with Crippen molar-refractivity contribution in [1.82, 2.24) is 14.5 Å². The molecule has 5 nitrogen and oxygen atoms in total. The summed E-state index contributed by atoms with van der Waals surface area (Å²) < 4.78 is 7.38. The zero-order valence-electron chi connectivity index (χ0n) is 21.3. The second-order valence-electron chi connectivity index (χ2n) is 10.1. The maximum atomic E-state index is 14.1. The number of hydrogen-bond donors (Lipinski definition) is 0. The van der Waals surface area contributed by atoms with Crippen LogP contribution in [0, 0.1) is 0 Å².